The van der Waals surface area contributed by atoms with Crippen molar-refractivity contribution in [1.29, 1.82) is 0 Å². The summed E-state index contributed by atoms with van der Waals surface area (Å²) in [4.78, 5) is 46.7. The maximum atomic E-state index is 12.7. The molecule has 0 heterocycles. The molecule has 2 aromatic carbocycles. The van der Waals surface area contributed by atoms with Crippen molar-refractivity contribution in [3.8, 4) is 23.0 Å². The summed E-state index contributed by atoms with van der Waals surface area (Å²) in [7, 11) is 2.67. The number of rotatable bonds is 7. The highest BCUT2D eigenvalue weighted by atomic mass is 16.5. The standard InChI is InChI=1S/C20H19NO9/c1-10(22)29-13-5-12(6-14(7-13)30-11(2)23)19(24)21-16-9-18(28-4)17(27-3)8-15(16)20(25)26/h5-9H,1-4H3,(H,21,24)(H,25,26)/p-1. The molecule has 0 spiro atoms. The topological polar surface area (TPSA) is 140 Å². The van der Waals surface area contributed by atoms with Crippen LogP contribution in [0.3, 0.4) is 0 Å². The molecule has 0 aliphatic rings. The summed E-state index contributed by atoms with van der Waals surface area (Å²) in [5, 5.41) is 13.9. The molecule has 1 N–H and O–H groups in total. The first kappa shape index (κ1) is 22.2. The van der Waals surface area contributed by atoms with Crippen molar-refractivity contribution in [3.63, 3.8) is 0 Å². The van der Waals surface area contributed by atoms with Crippen molar-refractivity contribution < 1.29 is 43.2 Å². The van der Waals surface area contributed by atoms with Gasteiger partial charge in [-0.3, -0.25) is 14.4 Å². The van der Waals surface area contributed by atoms with Crippen molar-refractivity contribution in [3.05, 3.63) is 41.5 Å². The molecule has 0 fully saturated rings. The zero-order chi connectivity index (χ0) is 22.4. The Hall–Kier alpha value is -4.08. The third-order valence-corrected chi connectivity index (χ3v) is 3.66. The number of carboxylic acid groups (broad SMARTS) is 1. The SMILES string of the molecule is COc1cc(NC(=O)c2cc(OC(C)=O)cc(OC(C)=O)c2)c(C(=O)[O-])cc1OC. The van der Waals surface area contributed by atoms with Crippen LogP contribution in [0.4, 0.5) is 5.69 Å². The second-order valence-electron chi connectivity index (χ2n) is 5.87. The van der Waals surface area contributed by atoms with Gasteiger partial charge in [-0.2, -0.15) is 0 Å². The Morgan fingerprint density at radius 3 is 1.73 bits per heavy atom. The Morgan fingerprint density at radius 2 is 1.30 bits per heavy atom. The Balaban J connectivity index is 2.47. The van der Waals surface area contributed by atoms with Crippen molar-refractivity contribution in [2.75, 3.05) is 19.5 Å². The molecule has 0 aromatic heterocycles. The molecule has 0 unspecified atom stereocenters. The molecule has 10 heteroatoms. The van der Waals surface area contributed by atoms with Crippen LogP contribution in [0.5, 0.6) is 23.0 Å². The molecule has 158 valence electrons. The number of aromatic carboxylic acids is 1. The summed E-state index contributed by atoms with van der Waals surface area (Å²) >= 11 is 0. The van der Waals surface area contributed by atoms with Crippen molar-refractivity contribution in [1.82, 2.24) is 0 Å². The Morgan fingerprint density at radius 1 is 0.800 bits per heavy atom. The molecular formula is C20H18NO9-. The highest BCUT2D eigenvalue weighted by molar-refractivity contribution is 6.08. The summed E-state index contributed by atoms with van der Waals surface area (Å²) in [6.45, 7) is 2.32. The van der Waals surface area contributed by atoms with Crippen LogP contribution in [-0.2, 0) is 9.59 Å². The monoisotopic (exact) mass is 416 g/mol. The van der Waals surface area contributed by atoms with Gasteiger partial charge in [0.05, 0.1) is 25.9 Å². The quantitative estimate of drug-likeness (QED) is 0.520. The lowest BCUT2D eigenvalue weighted by molar-refractivity contribution is -0.254. The number of benzene rings is 2. The minimum absolute atomic E-state index is 0.0427. The van der Waals surface area contributed by atoms with E-state index < -0.39 is 23.8 Å². The number of nitrogens with one attached hydrogen (secondary N) is 1. The third-order valence-electron chi connectivity index (χ3n) is 3.66. The van der Waals surface area contributed by atoms with Crippen LogP contribution in [-0.4, -0.2) is 38.0 Å². The second-order valence-corrected chi connectivity index (χ2v) is 5.87. The van der Waals surface area contributed by atoms with Gasteiger partial charge in [-0.1, -0.05) is 0 Å². The van der Waals surface area contributed by atoms with Crippen LogP contribution in [0.1, 0.15) is 34.6 Å². The number of carboxylic acids is 1. The molecule has 2 rings (SSSR count). The lowest BCUT2D eigenvalue weighted by atomic mass is 10.1. The van der Waals surface area contributed by atoms with E-state index in [2.05, 4.69) is 5.32 Å². The molecule has 0 radical (unpaired) electrons. The number of amides is 1. The van der Waals surface area contributed by atoms with Gasteiger partial charge in [0.2, 0.25) is 0 Å². The van der Waals surface area contributed by atoms with Crippen LogP contribution >= 0.6 is 0 Å². The molecule has 0 saturated heterocycles. The van der Waals surface area contributed by atoms with E-state index in [1.807, 2.05) is 0 Å². The molecule has 0 aliphatic carbocycles. The van der Waals surface area contributed by atoms with E-state index in [-0.39, 0.29) is 39.8 Å². The fourth-order valence-electron chi connectivity index (χ4n) is 2.50. The Labute approximate surface area is 171 Å². The maximum absolute atomic E-state index is 12.7. The second kappa shape index (κ2) is 9.41. The Bertz CT molecular complexity index is 979. The lowest BCUT2D eigenvalue weighted by Gasteiger charge is -2.16. The summed E-state index contributed by atoms with van der Waals surface area (Å²) in [6.07, 6.45) is 0. The van der Waals surface area contributed by atoms with Gasteiger partial charge in [-0.05, 0) is 18.2 Å². The van der Waals surface area contributed by atoms with Crippen LogP contribution in [0.2, 0.25) is 0 Å². The fraction of sp³-hybridized carbons (Fsp3) is 0.200. The molecule has 2 aromatic rings. The summed E-state index contributed by atoms with van der Waals surface area (Å²) in [6, 6.07) is 6.10. The summed E-state index contributed by atoms with van der Waals surface area (Å²) in [5.41, 5.74) is -0.536. The average Bonchev–Trinajstić information content (AvgIpc) is 2.65. The molecule has 10 nitrogen and oxygen atoms in total. The van der Waals surface area contributed by atoms with E-state index in [9.17, 15) is 24.3 Å². The first-order valence-electron chi connectivity index (χ1n) is 8.45. The van der Waals surface area contributed by atoms with Gasteiger partial charge in [-0.15, -0.1) is 0 Å². The molecule has 1 amide bonds. The van der Waals surface area contributed by atoms with E-state index in [0.717, 1.165) is 19.9 Å². The number of anilines is 1. The molecule has 0 saturated carbocycles. The minimum atomic E-state index is -1.56. The van der Waals surface area contributed by atoms with Crippen LogP contribution in [0.15, 0.2) is 30.3 Å². The summed E-state index contributed by atoms with van der Waals surface area (Å²) < 4.78 is 20.1. The smallest absolute Gasteiger partial charge is 0.308 e. The Kier molecular flexibility index (Phi) is 6.97. The van der Waals surface area contributed by atoms with E-state index in [0.29, 0.717) is 0 Å². The predicted octanol–water partition coefficient (Wildman–Crippen LogP) is 1.17. The molecule has 0 aliphatic heterocycles. The van der Waals surface area contributed by atoms with Crippen molar-refractivity contribution in [2.24, 2.45) is 0 Å². The van der Waals surface area contributed by atoms with Gasteiger partial charge in [0.25, 0.3) is 5.91 Å². The minimum Gasteiger partial charge on any atom is -0.545 e. The van der Waals surface area contributed by atoms with Crippen molar-refractivity contribution in [2.45, 2.75) is 13.8 Å². The first-order chi connectivity index (χ1) is 14.1. The lowest BCUT2D eigenvalue weighted by Crippen LogP contribution is -2.25. The number of carbonyl (C=O) groups excluding carboxylic acids is 4. The van der Waals surface area contributed by atoms with Gasteiger partial charge < -0.3 is 34.2 Å². The fourth-order valence-corrected chi connectivity index (χ4v) is 2.50. The van der Waals surface area contributed by atoms with E-state index in [1.54, 1.807) is 0 Å². The largest absolute Gasteiger partial charge is 0.545 e. The van der Waals surface area contributed by atoms with Gasteiger partial charge in [-0.25, -0.2) is 0 Å². The number of hydrogen-bond acceptors (Lipinski definition) is 9. The number of methoxy groups -OCH3 is 2. The van der Waals surface area contributed by atoms with Crippen LogP contribution < -0.4 is 29.4 Å². The molecule has 0 bridgehead atoms. The highest BCUT2D eigenvalue weighted by Crippen LogP contribution is 2.33. The van der Waals surface area contributed by atoms with E-state index >= 15 is 0 Å². The zero-order valence-electron chi connectivity index (χ0n) is 16.6. The van der Waals surface area contributed by atoms with Crippen molar-refractivity contribution >= 4 is 29.5 Å². The number of esters is 2. The van der Waals surface area contributed by atoms with Gasteiger partial charge in [0.1, 0.15) is 11.5 Å². The van der Waals surface area contributed by atoms with Gasteiger partial charge in [0, 0.05) is 37.1 Å². The average molecular weight is 416 g/mol. The van der Waals surface area contributed by atoms with Crippen LogP contribution in [0.25, 0.3) is 0 Å². The molecule has 0 atom stereocenters. The van der Waals surface area contributed by atoms with E-state index in [4.69, 9.17) is 18.9 Å². The third kappa shape index (κ3) is 5.47. The highest BCUT2D eigenvalue weighted by Gasteiger charge is 2.17. The normalized spacial score (nSPS) is 10.0. The predicted molar refractivity (Wildman–Crippen MR) is 101 cm³/mol. The number of hydrogen-bond donors (Lipinski definition) is 1. The molecular weight excluding hydrogens is 398 g/mol. The number of ether oxygens (including phenoxy) is 4. The summed E-state index contributed by atoms with van der Waals surface area (Å²) in [5.74, 6) is -3.41. The van der Waals surface area contributed by atoms with Gasteiger partial charge in [0.15, 0.2) is 11.5 Å². The zero-order valence-corrected chi connectivity index (χ0v) is 16.6. The maximum Gasteiger partial charge on any atom is 0.308 e. The van der Waals surface area contributed by atoms with Crippen LogP contribution in [0, 0.1) is 0 Å². The molecule has 30 heavy (non-hydrogen) atoms. The number of carbonyl (C=O) groups is 4. The first-order valence-corrected chi connectivity index (χ1v) is 8.45. The van der Waals surface area contributed by atoms with E-state index in [1.165, 1.54) is 38.5 Å². The van der Waals surface area contributed by atoms with Gasteiger partial charge >= 0.3 is 11.9 Å².